The highest BCUT2D eigenvalue weighted by atomic mass is 16.7. The molecule has 1 aromatic carbocycles. The number of anilines is 1. The second-order valence-electron chi connectivity index (χ2n) is 5.76. The molecule has 4 nitrogen and oxygen atoms in total. The van der Waals surface area contributed by atoms with Crippen molar-refractivity contribution in [1.29, 1.82) is 0 Å². The zero-order valence-corrected chi connectivity index (χ0v) is 12.8. The molecular formula is C16H23NO3. The number of esters is 1. The van der Waals surface area contributed by atoms with Gasteiger partial charge < -0.3 is 14.7 Å². The molecule has 0 heterocycles. The van der Waals surface area contributed by atoms with E-state index in [9.17, 15) is 9.90 Å². The first-order valence-electron chi connectivity index (χ1n) is 7.05. The van der Waals surface area contributed by atoms with Gasteiger partial charge in [-0.15, -0.1) is 0 Å². The van der Waals surface area contributed by atoms with Crippen LogP contribution in [-0.2, 0) is 15.3 Å². The van der Waals surface area contributed by atoms with Crippen LogP contribution >= 0.6 is 0 Å². The van der Waals surface area contributed by atoms with E-state index < -0.39 is 11.8 Å². The summed E-state index contributed by atoms with van der Waals surface area (Å²) in [5.74, 6) is -1.93. The molecule has 20 heavy (non-hydrogen) atoms. The smallest absolute Gasteiger partial charge is 0.305 e. The van der Waals surface area contributed by atoms with E-state index in [0.29, 0.717) is 0 Å². The summed E-state index contributed by atoms with van der Waals surface area (Å²) >= 11 is 0. The number of rotatable bonds is 3. The highest BCUT2D eigenvalue weighted by Crippen LogP contribution is 2.51. The lowest BCUT2D eigenvalue weighted by Gasteiger charge is -2.30. The predicted molar refractivity (Wildman–Crippen MR) is 78.6 cm³/mol. The lowest BCUT2D eigenvalue weighted by molar-refractivity contribution is -0.232. The molecule has 0 radical (unpaired) electrons. The number of ether oxygens (including phenoxy) is 1. The van der Waals surface area contributed by atoms with Crippen LogP contribution in [0.4, 0.5) is 5.69 Å². The molecule has 0 aliphatic heterocycles. The average Bonchev–Trinajstić information content (AvgIpc) is 2.57. The Labute approximate surface area is 120 Å². The maximum atomic E-state index is 11.4. The van der Waals surface area contributed by atoms with Crippen LogP contribution < -0.4 is 4.90 Å². The van der Waals surface area contributed by atoms with Crippen LogP contribution in [-0.4, -0.2) is 25.2 Å². The van der Waals surface area contributed by atoms with E-state index in [1.807, 2.05) is 44.1 Å². The van der Waals surface area contributed by atoms with Gasteiger partial charge in [-0.2, -0.15) is 0 Å². The second-order valence-corrected chi connectivity index (χ2v) is 5.76. The van der Waals surface area contributed by atoms with Crippen LogP contribution in [0, 0.1) is 5.92 Å². The standard InChI is InChI=1S/C16H23NO3/c1-6-13-10(2)16(19,20-11(3)18)15-9-12(17(4)5)7-8-14(13)15/h7-10,13,19H,6H2,1-5H3. The van der Waals surface area contributed by atoms with Crippen molar-refractivity contribution < 1.29 is 14.6 Å². The molecule has 0 saturated heterocycles. The molecule has 3 unspecified atom stereocenters. The molecule has 0 amide bonds. The van der Waals surface area contributed by atoms with E-state index in [4.69, 9.17) is 4.74 Å². The first-order valence-corrected chi connectivity index (χ1v) is 7.05. The van der Waals surface area contributed by atoms with E-state index in [2.05, 4.69) is 6.92 Å². The SMILES string of the molecule is CCC1c2ccc(N(C)C)cc2C(O)(OC(C)=O)C1C. The molecule has 0 bridgehead atoms. The Kier molecular flexibility index (Phi) is 3.78. The van der Waals surface area contributed by atoms with Crippen LogP contribution in [0.25, 0.3) is 0 Å². The zero-order chi connectivity index (χ0) is 15.1. The predicted octanol–water partition coefficient (Wildman–Crippen LogP) is 2.60. The topological polar surface area (TPSA) is 49.8 Å². The molecule has 2 rings (SSSR count). The molecule has 1 aliphatic carbocycles. The van der Waals surface area contributed by atoms with Crippen LogP contribution in [0.5, 0.6) is 0 Å². The number of aliphatic hydroxyl groups is 1. The maximum Gasteiger partial charge on any atom is 0.305 e. The van der Waals surface area contributed by atoms with Crippen molar-refractivity contribution in [2.24, 2.45) is 5.92 Å². The second kappa shape index (κ2) is 5.09. The third kappa shape index (κ3) is 2.18. The first kappa shape index (κ1) is 14.9. The molecule has 0 fully saturated rings. The number of carbonyl (C=O) groups excluding carboxylic acids is 1. The molecule has 1 aromatic rings. The number of fused-ring (bicyclic) bond motifs is 1. The number of nitrogens with zero attached hydrogens (tertiary/aromatic N) is 1. The minimum absolute atomic E-state index is 0.149. The first-order chi connectivity index (χ1) is 9.31. The summed E-state index contributed by atoms with van der Waals surface area (Å²) in [4.78, 5) is 13.4. The Bertz CT molecular complexity index is 526. The number of hydrogen-bond donors (Lipinski definition) is 1. The van der Waals surface area contributed by atoms with Crippen molar-refractivity contribution in [3.8, 4) is 0 Å². The molecule has 0 aromatic heterocycles. The summed E-state index contributed by atoms with van der Waals surface area (Å²) in [6.07, 6.45) is 0.902. The van der Waals surface area contributed by atoms with Gasteiger partial charge >= 0.3 is 5.97 Å². The fourth-order valence-corrected chi connectivity index (χ4v) is 3.18. The lowest BCUT2D eigenvalue weighted by atomic mass is 9.90. The molecule has 0 saturated carbocycles. The lowest BCUT2D eigenvalue weighted by Crippen LogP contribution is -2.35. The highest BCUT2D eigenvalue weighted by Gasteiger charge is 2.51. The van der Waals surface area contributed by atoms with Crippen LogP contribution in [0.15, 0.2) is 18.2 Å². The Morgan fingerprint density at radius 1 is 1.45 bits per heavy atom. The zero-order valence-electron chi connectivity index (χ0n) is 12.8. The van der Waals surface area contributed by atoms with Gasteiger partial charge in [0, 0.05) is 38.2 Å². The van der Waals surface area contributed by atoms with Crippen molar-refractivity contribution in [3.63, 3.8) is 0 Å². The van der Waals surface area contributed by atoms with Gasteiger partial charge in [-0.1, -0.05) is 19.9 Å². The van der Waals surface area contributed by atoms with Crippen molar-refractivity contribution in [3.05, 3.63) is 29.3 Å². The van der Waals surface area contributed by atoms with Gasteiger partial charge in [0.15, 0.2) is 0 Å². The summed E-state index contributed by atoms with van der Waals surface area (Å²) in [7, 11) is 3.89. The Hall–Kier alpha value is -1.55. The van der Waals surface area contributed by atoms with Gasteiger partial charge in [-0.25, -0.2) is 0 Å². The van der Waals surface area contributed by atoms with Crippen LogP contribution in [0.1, 0.15) is 44.2 Å². The Balaban J connectivity index is 2.57. The van der Waals surface area contributed by atoms with E-state index in [1.165, 1.54) is 6.92 Å². The fourth-order valence-electron chi connectivity index (χ4n) is 3.18. The van der Waals surface area contributed by atoms with E-state index in [1.54, 1.807) is 0 Å². The Morgan fingerprint density at radius 3 is 2.60 bits per heavy atom. The van der Waals surface area contributed by atoms with E-state index in [-0.39, 0.29) is 11.8 Å². The maximum absolute atomic E-state index is 11.4. The fraction of sp³-hybridized carbons (Fsp3) is 0.562. The average molecular weight is 277 g/mol. The highest BCUT2D eigenvalue weighted by molar-refractivity contribution is 5.67. The number of carbonyl (C=O) groups is 1. The van der Waals surface area contributed by atoms with Gasteiger partial charge in [-0.3, -0.25) is 4.79 Å². The summed E-state index contributed by atoms with van der Waals surface area (Å²) in [6, 6.07) is 5.99. The minimum atomic E-state index is -1.52. The summed E-state index contributed by atoms with van der Waals surface area (Å²) in [5.41, 5.74) is 2.78. The minimum Gasteiger partial charge on any atom is -0.429 e. The van der Waals surface area contributed by atoms with Gasteiger partial charge in [0.1, 0.15) is 0 Å². The third-order valence-corrected chi connectivity index (χ3v) is 4.30. The van der Waals surface area contributed by atoms with Crippen LogP contribution in [0.2, 0.25) is 0 Å². The summed E-state index contributed by atoms with van der Waals surface area (Å²) < 4.78 is 5.30. The van der Waals surface area contributed by atoms with E-state index >= 15 is 0 Å². The van der Waals surface area contributed by atoms with Crippen molar-refractivity contribution in [2.75, 3.05) is 19.0 Å². The van der Waals surface area contributed by atoms with Crippen molar-refractivity contribution in [1.82, 2.24) is 0 Å². The van der Waals surface area contributed by atoms with Crippen molar-refractivity contribution >= 4 is 11.7 Å². The van der Waals surface area contributed by atoms with Gasteiger partial charge in [0.2, 0.25) is 5.79 Å². The number of benzene rings is 1. The van der Waals surface area contributed by atoms with Gasteiger partial charge in [0.05, 0.1) is 0 Å². The molecular weight excluding hydrogens is 254 g/mol. The largest absolute Gasteiger partial charge is 0.429 e. The molecule has 0 spiro atoms. The molecule has 110 valence electrons. The summed E-state index contributed by atoms with van der Waals surface area (Å²) in [6.45, 7) is 5.36. The molecule has 1 aliphatic rings. The molecule has 4 heteroatoms. The third-order valence-electron chi connectivity index (χ3n) is 4.30. The van der Waals surface area contributed by atoms with Gasteiger partial charge in [0.25, 0.3) is 0 Å². The van der Waals surface area contributed by atoms with Crippen LogP contribution in [0.3, 0.4) is 0 Å². The normalized spacial score (nSPS) is 28.1. The summed E-state index contributed by atoms with van der Waals surface area (Å²) in [5, 5.41) is 10.9. The molecule has 1 N–H and O–H groups in total. The quantitative estimate of drug-likeness (QED) is 0.681. The monoisotopic (exact) mass is 277 g/mol. The molecule has 3 atom stereocenters. The van der Waals surface area contributed by atoms with Crippen molar-refractivity contribution in [2.45, 2.75) is 38.9 Å². The number of hydrogen-bond acceptors (Lipinski definition) is 4. The Morgan fingerprint density at radius 2 is 2.10 bits per heavy atom. The van der Waals surface area contributed by atoms with Gasteiger partial charge in [-0.05, 0) is 30.0 Å². The van der Waals surface area contributed by atoms with E-state index in [0.717, 1.165) is 23.2 Å².